The number of rotatable bonds is 0. The topological polar surface area (TPSA) is 21.6 Å². The summed E-state index contributed by atoms with van der Waals surface area (Å²) in [6.07, 6.45) is 0.0566. The van der Waals surface area contributed by atoms with Crippen molar-refractivity contribution < 1.29 is 4.74 Å². The van der Waals surface area contributed by atoms with Crippen molar-refractivity contribution in [2.24, 2.45) is 4.99 Å². The van der Waals surface area contributed by atoms with E-state index in [2.05, 4.69) is 4.99 Å². The lowest BCUT2D eigenvalue weighted by Crippen LogP contribution is -2.23. The molecule has 0 aromatic heterocycles. The summed E-state index contributed by atoms with van der Waals surface area (Å²) in [6, 6.07) is 6.02. The monoisotopic (exact) mass is 223 g/mol. The highest BCUT2D eigenvalue weighted by molar-refractivity contribution is 6.70. The average molecular weight is 224 g/mol. The molecule has 0 unspecified atom stereocenters. The molecule has 0 aliphatic carbocycles. The van der Waals surface area contributed by atoms with Gasteiger partial charge >= 0.3 is 0 Å². The van der Waals surface area contributed by atoms with Crippen LogP contribution >= 0.6 is 11.6 Å². The molecule has 1 aliphatic heterocycles. The standard InChI is InChI=1S/C12H14ClNO/c1-7-5-4-6-10-11(7)15-9(3)8(2)14-12(10)13/h4-6,8-9H,1-3H3/t8-,9+/m1/s1. The van der Waals surface area contributed by atoms with Gasteiger partial charge in [0.1, 0.15) is 17.0 Å². The third-order valence-electron chi connectivity index (χ3n) is 2.73. The number of nitrogens with zero attached hydrogens (tertiary/aromatic N) is 1. The molecule has 3 heteroatoms. The van der Waals surface area contributed by atoms with Crippen molar-refractivity contribution in [3.8, 4) is 5.75 Å². The van der Waals surface area contributed by atoms with Crippen molar-refractivity contribution in [2.45, 2.75) is 32.9 Å². The molecule has 0 fully saturated rings. The fourth-order valence-corrected chi connectivity index (χ4v) is 1.91. The molecule has 1 aromatic rings. The SMILES string of the molecule is Cc1cccc2c1O[C@@H](C)[C@@H](C)N=C2Cl. The third kappa shape index (κ3) is 1.86. The van der Waals surface area contributed by atoms with Crippen LogP contribution in [0.4, 0.5) is 0 Å². The molecule has 2 nitrogen and oxygen atoms in total. The van der Waals surface area contributed by atoms with Crippen LogP contribution in [-0.4, -0.2) is 17.3 Å². The Morgan fingerprint density at radius 2 is 2.07 bits per heavy atom. The Morgan fingerprint density at radius 1 is 1.33 bits per heavy atom. The number of benzene rings is 1. The van der Waals surface area contributed by atoms with Crippen LogP contribution in [0.15, 0.2) is 23.2 Å². The lowest BCUT2D eigenvalue weighted by molar-refractivity contribution is 0.199. The van der Waals surface area contributed by atoms with E-state index < -0.39 is 0 Å². The first kappa shape index (κ1) is 10.5. The largest absolute Gasteiger partial charge is 0.487 e. The first-order valence-electron chi connectivity index (χ1n) is 5.09. The molecule has 0 radical (unpaired) electrons. The van der Waals surface area contributed by atoms with Gasteiger partial charge in [-0.2, -0.15) is 0 Å². The van der Waals surface area contributed by atoms with Gasteiger partial charge in [0, 0.05) is 0 Å². The van der Waals surface area contributed by atoms with E-state index in [0.29, 0.717) is 5.17 Å². The minimum atomic E-state index is 0.0566. The van der Waals surface area contributed by atoms with Crippen LogP contribution in [0, 0.1) is 6.92 Å². The Labute approximate surface area is 94.9 Å². The maximum atomic E-state index is 6.15. The van der Waals surface area contributed by atoms with Gasteiger partial charge in [0.25, 0.3) is 0 Å². The molecular weight excluding hydrogens is 210 g/mol. The van der Waals surface area contributed by atoms with E-state index in [-0.39, 0.29) is 12.1 Å². The predicted octanol–water partition coefficient (Wildman–Crippen LogP) is 3.15. The predicted molar refractivity (Wildman–Crippen MR) is 63.1 cm³/mol. The fraction of sp³-hybridized carbons (Fsp3) is 0.417. The maximum Gasteiger partial charge on any atom is 0.135 e. The number of aryl methyl sites for hydroxylation is 1. The highest BCUT2D eigenvalue weighted by Crippen LogP contribution is 2.29. The summed E-state index contributed by atoms with van der Waals surface area (Å²) >= 11 is 6.15. The zero-order chi connectivity index (χ0) is 11.0. The van der Waals surface area contributed by atoms with Crippen LogP contribution in [0.5, 0.6) is 5.75 Å². The number of aliphatic imine (C=N–C) groups is 1. The molecule has 1 aliphatic rings. The van der Waals surface area contributed by atoms with Crippen LogP contribution < -0.4 is 4.74 Å². The van der Waals surface area contributed by atoms with E-state index in [0.717, 1.165) is 16.9 Å². The number of hydrogen-bond donors (Lipinski definition) is 0. The molecule has 0 saturated carbocycles. The normalized spacial score (nSPS) is 24.9. The Bertz CT molecular complexity index is 414. The summed E-state index contributed by atoms with van der Waals surface area (Å²) < 4.78 is 5.87. The number of para-hydroxylation sites is 1. The quantitative estimate of drug-likeness (QED) is 0.662. The highest BCUT2D eigenvalue weighted by atomic mass is 35.5. The van der Waals surface area contributed by atoms with Crippen LogP contribution in [0.1, 0.15) is 25.0 Å². The summed E-state index contributed by atoms with van der Waals surface area (Å²) in [5, 5.41) is 0.547. The van der Waals surface area contributed by atoms with E-state index in [1.807, 2.05) is 39.0 Å². The second-order valence-corrected chi connectivity index (χ2v) is 4.29. The van der Waals surface area contributed by atoms with E-state index in [1.165, 1.54) is 0 Å². The van der Waals surface area contributed by atoms with Crippen LogP contribution in [-0.2, 0) is 0 Å². The van der Waals surface area contributed by atoms with E-state index in [1.54, 1.807) is 0 Å². The molecule has 0 bridgehead atoms. The Hall–Kier alpha value is -1.02. The smallest absolute Gasteiger partial charge is 0.135 e. The van der Waals surface area contributed by atoms with E-state index in [9.17, 15) is 0 Å². The van der Waals surface area contributed by atoms with Gasteiger partial charge < -0.3 is 4.74 Å². The first-order valence-corrected chi connectivity index (χ1v) is 5.47. The van der Waals surface area contributed by atoms with Crippen LogP contribution in [0.25, 0.3) is 0 Å². The van der Waals surface area contributed by atoms with Gasteiger partial charge in [-0.25, -0.2) is 0 Å². The van der Waals surface area contributed by atoms with Crippen molar-refractivity contribution in [3.63, 3.8) is 0 Å². The number of fused-ring (bicyclic) bond motifs is 1. The van der Waals surface area contributed by atoms with Crippen molar-refractivity contribution >= 4 is 16.8 Å². The van der Waals surface area contributed by atoms with E-state index >= 15 is 0 Å². The zero-order valence-electron chi connectivity index (χ0n) is 9.12. The van der Waals surface area contributed by atoms with Gasteiger partial charge in [-0.3, -0.25) is 4.99 Å². The fourth-order valence-electron chi connectivity index (χ4n) is 1.61. The number of hydrogen-bond acceptors (Lipinski definition) is 2. The molecule has 1 heterocycles. The van der Waals surface area contributed by atoms with E-state index in [4.69, 9.17) is 16.3 Å². The van der Waals surface area contributed by atoms with Gasteiger partial charge in [-0.05, 0) is 32.4 Å². The lowest BCUT2D eigenvalue weighted by atomic mass is 10.1. The van der Waals surface area contributed by atoms with Crippen LogP contribution in [0.2, 0.25) is 0 Å². The first-order chi connectivity index (χ1) is 7.09. The van der Waals surface area contributed by atoms with Crippen LogP contribution in [0.3, 0.4) is 0 Å². The Morgan fingerprint density at radius 3 is 2.80 bits per heavy atom. The molecule has 0 N–H and O–H groups in total. The maximum absolute atomic E-state index is 6.15. The average Bonchev–Trinajstić information content (AvgIpc) is 2.29. The molecule has 2 rings (SSSR count). The second kappa shape index (κ2) is 3.86. The summed E-state index contributed by atoms with van der Waals surface area (Å²) in [5.74, 6) is 0.864. The molecule has 0 amide bonds. The molecule has 0 saturated heterocycles. The van der Waals surface area contributed by atoms with Crippen molar-refractivity contribution in [3.05, 3.63) is 29.3 Å². The minimum absolute atomic E-state index is 0.0566. The molecule has 15 heavy (non-hydrogen) atoms. The zero-order valence-corrected chi connectivity index (χ0v) is 9.88. The number of ether oxygens (including phenoxy) is 1. The minimum Gasteiger partial charge on any atom is -0.487 e. The molecule has 80 valence electrons. The molecule has 2 atom stereocenters. The lowest BCUT2D eigenvalue weighted by Gasteiger charge is -2.17. The second-order valence-electron chi connectivity index (χ2n) is 3.94. The van der Waals surface area contributed by atoms with Crippen molar-refractivity contribution in [2.75, 3.05) is 0 Å². The Kier molecular flexibility index (Phi) is 2.70. The highest BCUT2D eigenvalue weighted by Gasteiger charge is 2.22. The van der Waals surface area contributed by atoms with Gasteiger partial charge in [0.15, 0.2) is 0 Å². The summed E-state index contributed by atoms with van der Waals surface area (Å²) in [5.41, 5.74) is 2.00. The molecule has 1 aromatic carbocycles. The van der Waals surface area contributed by atoms with Crippen molar-refractivity contribution in [1.82, 2.24) is 0 Å². The summed E-state index contributed by atoms with van der Waals surface area (Å²) in [7, 11) is 0. The Balaban J connectivity index is 2.57. The third-order valence-corrected chi connectivity index (χ3v) is 3.04. The van der Waals surface area contributed by atoms with Gasteiger partial charge in [-0.15, -0.1) is 0 Å². The molecular formula is C12H14ClNO. The summed E-state index contributed by atoms with van der Waals surface area (Å²) in [6.45, 7) is 6.04. The van der Waals surface area contributed by atoms with Crippen molar-refractivity contribution in [1.29, 1.82) is 0 Å². The van der Waals surface area contributed by atoms with Gasteiger partial charge in [0.05, 0.1) is 11.6 Å². The number of halogens is 1. The van der Waals surface area contributed by atoms with Gasteiger partial charge in [0.2, 0.25) is 0 Å². The van der Waals surface area contributed by atoms with Gasteiger partial charge in [-0.1, -0.05) is 23.7 Å². The summed E-state index contributed by atoms with van der Waals surface area (Å²) in [4.78, 5) is 4.40. The molecule has 0 spiro atoms.